The number of hydrogen-bond donors (Lipinski definition) is 2. The van der Waals surface area contributed by atoms with Gasteiger partial charge in [0.25, 0.3) is 15.5 Å². The summed E-state index contributed by atoms with van der Waals surface area (Å²) >= 11 is 0. The Morgan fingerprint density at radius 3 is 2.67 bits per heavy atom. The van der Waals surface area contributed by atoms with Gasteiger partial charge in [-0.05, 0) is 17.6 Å². The second-order valence-corrected chi connectivity index (χ2v) is 3.94. The lowest BCUT2D eigenvalue weighted by molar-refractivity contribution is 0.412. The molecule has 0 spiro atoms. The largest absolute Gasteiger partial charge is 0.497 e. The van der Waals surface area contributed by atoms with Gasteiger partial charge in [-0.3, -0.25) is 4.55 Å². The van der Waals surface area contributed by atoms with E-state index in [1.165, 1.54) is 19.2 Å². The fraction of sp³-hybridized carbons (Fsp3) is 0.143. The Hall–Kier alpha value is -1.85. The van der Waals surface area contributed by atoms with Crippen LogP contribution in [0.25, 0.3) is 5.08 Å². The van der Waals surface area contributed by atoms with E-state index in [1.807, 2.05) is 5.43 Å². The molecule has 0 saturated heterocycles. The smallest absolute Gasteiger partial charge is 0.308 e. The van der Waals surface area contributed by atoms with E-state index in [1.54, 1.807) is 0 Å². The third-order valence-corrected chi connectivity index (χ3v) is 2.53. The number of nitrogens with one attached hydrogen (secondary N) is 1. The number of anilines is 1. The van der Waals surface area contributed by atoms with Crippen molar-refractivity contribution in [2.24, 2.45) is 0 Å². The van der Waals surface area contributed by atoms with Gasteiger partial charge < -0.3 is 4.74 Å². The second-order valence-electron chi connectivity index (χ2n) is 2.55. The molecule has 0 amide bonds. The maximum Gasteiger partial charge on any atom is 0.308 e. The van der Waals surface area contributed by atoms with Gasteiger partial charge in [-0.25, -0.2) is 0 Å². The van der Waals surface area contributed by atoms with Crippen LogP contribution in [0.5, 0.6) is 5.75 Å². The molecule has 0 fully saturated rings. The number of rotatable bonds is 3. The van der Waals surface area contributed by atoms with E-state index in [2.05, 4.69) is 5.08 Å². The van der Waals surface area contributed by atoms with E-state index in [-0.39, 0.29) is 11.4 Å². The van der Waals surface area contributed by atoms with Gasteiger partial charge in [-0.1, -0.05) is 0 Å². The Morgan fingerprint density at radius 1 is 1.53 bits per heavy atom. The predicted molar refractivity (Wildman–Crippen MR) is 51.5 cm³/mol. The molecular weight excluding hydrogens is 222 g/mol. The fourth-order valence-electron chi connectivity index (χ4n) is 0.989. The van der Waals surface area contributed by atoms with Crippen molar-refractivity contribution in [2.75, 3.05) is 12.5 Å². The molecule has 0 atom stereocenters. The number of ether oxygens (including phenoxy) is 1. The molecule has 1 rings (SSSR count). The molecule has 0 heterocycles. The SMILES string of the molecule is COc1ccc(N[N+]#N)c(S(=O)(=O)O)c1. The molecule has 15 heavy (non-hydrogen) atoms. The van der Waals surface area contributed by atoms with Gasteiger partial charge in [0, 0.05) is 6.07 Å². The summed E-state index contributed by atoms with van der Waals surface area (Å²) in [5.41, 5.74) is 1.96. The molecule has 8 heteroatoms. The molecule has 1 aromatic carbocycles. The Bertz CT molecular complexity index is 505. The van der Waals surface area contributed by atoms with E-state index < -0.39 is 15.0 Å². The van der Waals surface area contributed by atoms with Crippen LogP contribution in [0.1, 0.15) is 0 Å². The Morgan fingerprint density at radius 2 is 2.20 bits per heavy atom. The zero-order chi connectivity index (χ0) is 11.5. The van der Waals surface area contributed by atoms with Gasteiger partial charge in [-0.15, -0.1) is 0 Å². The monoisotopic (exact) mass is 230 g/mol. The minimum absolute atomic E-state index is 0.0548. The molecule has 7 nitrogen and oxygen atoms in total. The average molecular weight is 230 g/mol. The van der Waals surface area contributed by atoms with Crippen molar-refractivity contribution in [1.29, 1.82) is 5.39 Å². The minimum atomic E-state index is -4.40. The highest BCUT2D eigenvalue weighted by Gasteiger charge is 2.19. The van der Waals surface area contributed by atoms with Crippen LogP contribution in [0.4, 0.5) is 5.69 Å². The molecule has 0 aliphatic carbocycles. The van der Waals surface area contributed by atoms with Gasteiger partial charge >= 0.3 is 5.08 Å². The Kier molecular flexibility index (Phi) is 3.08. The summed E-state index contributed by atoms with van der Waals surface area (Å²) < 4.78 is 35.5. The van der Waals surface area contributed by atoms with Gasteiger partial charge in [0.2, 0.25) is 0 Å². The van der Waals surface area contributed by atoms with Crippen molar-refractivity contribution in [1.82, 2.24) is 0 Å². The number of diazo groups is 1. The normalized spacial score (nSPS) is 10.5. The Balaban J connectivity index is 3.37. The number of benzene rings is 1. The Labute approximate surface area is 86.0 Å². The van der Waals surface area contributed by atoms with Crippen LogP contribution in [0.2, 0.25) is 0 Å². The second kappa shape index (κ2) is 4.12. The minimum Gasteiger partial charge on any atom is -0.497 e. The highest BCUT2D eigenvalue weighted by Crippen LogP contribution is 2.26. The predicted octanol–water partition coefficient (Wildman–Crippen LogP) is 1.12. The molecular formula is C7H8N3O4S+. The van der Waals surface area contributed by atoms with Crippen molar-refractivity contribution < 1.29 is 17.7 Å². The van der Waals surface area contributed by atoms with Crippen molar-refractivity contribution in [3.63, 3.8) is 0 Å². The molecule has 0 saturated carbocycles. The van der Waals surface area contributed by atoms with E-state index in [9.17, 15) is 8.42 Å². The van der Waals surface area contributed by atoms with Crippen molar-refractivity contribution >= 4 is 15.8 Å². The van der Waals surface area contributed by atoms with Crippen LogP contribution in [-0.2, 0) is 10.1 Å². The molecule has 0 aliphatic heterocycles. The highest BCUT2D eigenvalue weighted by atomic mass is 32.2. The maximum absolute atomic E-state index is 10.9. The van der Waals surface area contributed by atoms with Crippen LogP contribution in [0.15, 0.2) is 23.1 Å². The van der Waals surface area contributed by atoms with Crippen LogP contribution in [-0.4, -0.2) is 20.1 Å². The fourth-order valence-corrected chi connectivity index (χ4v) is 1.65. The number of methoxy groups -OCH3 is 1. The molecule has 0 radical (unpaired) electrons. The summed E-state index contributed by atoms with van der Waals surface area (Å²) in [6.45, 7) is 0. The summed E-state index contributed by atoms with van der Waals surface area (Å²) in [5, 5.41) is 10.8. The third-order valence-electron chi connectivity index (χ3n) is 1.64. The molecule has 0 aliphatic rings. The summed E-state index contributed by atoms with van der Waals surface area (Å²) in [4.78, 5) is -0.431. The standard InChI is InChI=1S/C7H7N3O4S/c1-14-5-2-3-6(9-10-8)7(4-5)15(11,12)13/h2-4,9H,1H3/p+1. The number of hydrogen-bond acceptors (Lipinski definition) is 5. The summed E-state index contributed by atoms with van der Waals surface area (Å²) in [5.74, 6) is 0.256. The zero-order valence-electron chi connectivity index (χ0n) is 7.71. The van der Waals surface area contributed by atoms with E-state index in [0.29, 0.717) is 0 Å². The van der Waals surface area contributed by atoms with Crippen molar-refractivity contribution in [2.45, 2.75) is 4.90 Å². The first-order chi connectivity index (χ1) is 6.99. The van der Waals surface area contributed by atoms with Crippen LogP contribution in [0, 0.1) is 5.39 Å². The third kappa shape index (κ3) is 2.55. The zero-order valence-corrected chi connectivity index (χ0v) is 8.52. The molecule has 2 N–H and O–H groups in total. The van der Waals surface area contributed by atoms with E-state index in [4.69, 9.17) is 14.7 Å². The first-order valence-corrected chi connectivity index (χ1v) is 5.18. The van der Waals surface area contributed by atoms with Crippen molar-refractivity contribution in [3.05, 3.63) is 23.3 Å². The summed E-state index contributed by atoms with van der Waals surface area (Å²) in [6.07, 6.45) is 0. The molecule has 0 unspecified atom stereocenters. The molecule has 0 bridgehead atoms. The number of nitrogens with zero attached hydrogens (tertiary/aromatic N) is 2. The van der Waals surface area contributed by atoms with Gasteiger partial charge in [-0.2, -0.15) is 8.42 Å². The quantitative estimate of drug-likeness (QED) is 0.458. The van der Waals surface area contributed by atoms with E-state index in [0.717, 1.165) is 6.07 Å². The van der Waals surface area contributed by atoms with Gasteiger partial charge in [0.05, 0.1) is 7.11 Å². The van der Waals surface area contributed by atoms with Gasteiger partial charge in [0.15, 0.2) is 0 Å². The van der Waals surface area contributed by atoms with E-state index >= 15 is 0 Å². The topological polar surface area (TPSA) is 104 Å². The first kappa shape index (κ1) is 11.2. The van der Waals surface area contributed by atoms with Crippen LogP contribution < -0.4 is 10.2 Å². The van der Waals surface area contributed by atoms with Gasteiger partial charge in [0.1, 0.15) is 16.3 Å². The highest BCUT2D eigenvalue weighted by molar-refractivity contribution is 7.86. The first-order valence-electron chi connectivity index (χ1n) is 3.74. The molecule has 0 aromatic heterocycles. The maximum atomic E-state index is 10.9. The van der Waals surface area contributed by atoms with Crippen LogP contribution in [0.3, 0.4) is 0 Å². The summed E-state index contributed by atoms with van der Waals surface area (Å²) in [6, 6.07) is 3.84. The molecule has 80 valence electrons. The van der Waals surface area contributed by atoms with Crippen LogP contribution >= 0.6 is 0 Å². The lowest BCUT2D eigenvalue weighted by Gasteiger charge is -2.03. The van der Waals surface area contributed by atoms with Crippen molar-refractivity contribution in [3.8, 4) is 5.75 Å². The lowest BCUT2D eigenvalue weighted by Crippen LogP contribution is -2.02. The average Bonchev–Trinajstić information content (AvgIpc) is 2.17. The lowest BCUT2D eigenvalue weighted by atomic mass is 10.3. The summed E-state index contributed by atoms with van der Waals surface area (Å²) in [7, 11) is -3.05. The molecule has 1 aromatic rings.